The van der Waals surface area contributed by atoms with Crippen LogP contribution in [0.5, 0.6) is 0 Å². The molecule has 1 amide bonds. The lowest BCUT2D eigenvalue weighted by atomic mass is 10.2. The summed E-state index contributed by atoms with van der Waals surface area (Å²) in [6.45, 7) is 2.60. The van der Waals surface area contributed by atoms with Crippen LogP contribution in [0.4, 0.5) is 5.95 Å². The van der Waals surface area contributed by atoms with Gasteiger partial charge in [0.05, 0.1) is 0 Å². The summed E-state index contributed by atoms with van der Waals surface area (Å²) >= 11 is 0. The normalized spacial score (nSPS) is 19.4. The van der Waals surface area contributed by atoms with Gasteiger partial charge >= 0.3 is 0 Å². The van der Waals surface area contributed by atoms with E-state index in [1.54, 1.807) is 6.20 Å². The maximum atomic E-state index is 11.2. The van der Waals surface area contributed by atoms with Crippen LogP contribution in [-0.4, -0.2) is 26.5 Å². The van der Waals surface area contributed by atoms with Crippen LogP contribution in [-0.2, 0) is 11.3 Å². The second kappa shape index (κ2) is 3.97. The molecule has 18 heavy (non-hydrogen) atoms. The monoisotopic (exact) mass is 245 g/mol. The van der Waals surface area contributed by atoms with Crippen molar-refractivity contribution in [3.8, 4) is 0 Å². The van der Waals surface area contributed by atoms with Crippen molar-refractivity contribution in [3.63, 3.8) is 0 Å². The number of carbonyl (C=O) groups excluding carboxylic acids is 1. The van der Waals surface area contributed by atoms with Crippen LogP contribution in [0.25, 0.3) is 11.2 Å². The number of nitrogens with zero attached hydrogens (tertiary/aromatic N) is 3. The van der Waals surface area contributed by atoms with Crippen molar-refractivity contribution < 1.29 is 4.79 Å². The van der Waals surface area contributed by atoms with E-state index in [0.29, 0.717) is 18.9 Å². The van der Waals surface area contributed by atoms with Gasteiger partial charge in [-0.3, -0.25) is 9.36 Å². The molecule has 1 saturated heterocycles. The Hall–Kier alpha value is -2.11. The van der Waals surface area contributed by atoms with Crippen LogP contribution in [0, 0.1) is 6.92 Å². The summed E-state index contributed by atoms with van der Waals surface area (Å²) in [4.78, 5) is 19.9. The first-order valence-electron chi connectivity index (χ1n) is 6.01. The lowest BCUT2D eigenvalue weighted by molar-refractivity contribution is -0.119. The number of fused-ring (bicyclic) bond motifs is 1. The van der Waals surface area contributed by atoms with Crippen molar-refractivity contribution in [1.82, 2.24) is 19.9 Å². The first kappa shape index (κ1) is 11.0. The SMILES string of the molecule is Cc1cnc2c(c1)nc(N)n2CC1CCC(=O)N1. The van der Waals surface area contributed by atoms with E-state index in [0.717, 1.165) is 23.1 Å². The Labute approximate surface area is 104 Å². The molecule has 1 aliphatic rings. The minimum absolute atomic E-state index is 0.104. The van der Waals surface area contributed by atoms with Crippen molar-refractivity contribution in [1.29, 1.82) is 0 Å². The fourth-order valence-electron chi connectivity index (χ4n) is 2.34. The van der Waals surface area contributed by atoms with E-state index in [2.05, 4.69) is 15.3 Å². The molecule has 0 aromatic carbocycles. The zero-order chi connectivity index (χ0) is 12.7. The van der Waals surface area contributed by atoms with Gasteiger partial charge in [-0.25, -0.2) is 9.97 Å². The summed E-state index contributed by atoms with van der Waals surface area (Å²) in [6.07, 6.45) is 3.22. The van der Waals surface area contributed by atoms with E-state index in [4.69, 9.17) is 5.73 Å². The van der Waals surface area contributed by atoms with Gasteiger partial charge in [-0.1, -0.05) is 0 Å². The molecule has 0 spiro atoms. The highest BCUT2D eigenvalue weighted by Gasteiger charge is 2.22. The van der Waals surface area contributed by atoms with Gasteiger partial charge in [0.25, 0.3) is 0 Å². The number of hydrogen-bond acceptors (Lipinski definition) is 4. The minimum atomic E-state index is 0.104. The molecule has 1 fully saturated rings. The van der Waals surface area contributed by atoms with Crippen molar-refractivity contribution in [3.05, 3.63) is 17.8 Å². The van der Waals surface area contributed by atoms with Crippen LogP contribution in [0.3, 0.4) is 0 Å². The number of hydrogen-bond donors (Lipinski definition) is 2. The summed E-state index contributed by atoms with van der Waals surface area (Å²) in [7, 11) is 0. The molecule has 6 heteroatoms. The van der Waals surface area contributed by atoms with Gasteiger partial charge in [0.2, 0.25) is 11.9 Å². The van der Waals surface area contributed by atoms with Crippen molar-refractivity contribution in [2.45, 2.75) is 32.4 Å². The number of nitrogens with one attached hydrogen (secondary N) is 1. The number of nitrogens with two attached hydrogens (primary N) is 1. The Morgan fingerprint density at radius 3 is 3.17 bits per heavy atom. The zero-order valence-electron chi connectivity index (χ0n) is 10.2. The van der Waals surface area contributed by atoms with E-state index < -0.39 is 0 Å². The molecule has 1 aliphatic heterocycles. The molecule has 0 radical (unpaired) electrons. The van der Waals surface area contributed by atoms with Crippen LogP contribution in [0.15, 0.2) is 12.3 Å². The van der Waals surface area contributed by atoms with Crippen molar-refractivity contribution in [2.24, 2.45) is 0 Å². The fraction of sp³-hybridized carbons (Fsp3) is 0.417. The number of nitrogen functional groups attached to an aromatic ring is 1. The minimum Gasteiger partial charge on any atom is -0.369 e. The number of pyridine rings is 1. The molecule has 1 unspecified atom stereocenters. The molecule has 3 N–H and O–H groups in total. The van der Waals surface area contributed by atoms with Gasteiger partial charge < -0.3 is 11.1 Å². The zero-order valence-corrected chi connectivity index (χ0v) is 10.2. The number of imidazole rings is 1. The third-order valence-corrected chi connectivity index (χ3v) is 3.24. The number of rotatable bonds is 2. The predicted octanol–water partition coefficient (Wildman–Crippen LogP) is 0.601. The Morgan fingerprint density at radius 1 is 1.61 bits per heavy atom. The van der Waals surface area contributed by atoms with Gasteiger partial charge in [0, 0.05) is 25.2 Å². The molecule has 94 valence electrons. The fourth-order valence-corrected chi connectivity index (χ4v) is 2.34. The van der Waals surface area contributed by atoms with E-state index >= 15 is 0 Å². The van der Waals surface area contributed by atoms with Crippen molar-refractivity contribution in [2.75, 3.05) is 5.73 Å². The van der Waals surface area contributed by atoms with E-state index in [-0.39, 0.29) is 11.9 Å². The molecule has 3 rings (SSSR count). The number of aromatic nitrogens is 3. The lowest BCUT2D eigenvalue weighted by Crippen LogP contribution is -2.30. The van der Waals surface area contributed by atoms with Gasteiger partial charge in [0.15, 0.2) is 5.65 Å². The summed E-state index contributed by atoms with van der Waals surface area (Å²) in [6, 6.07) is 2.09. The number of aryl methyl sites for hydroxylation is 1. The van der Waals surface area contributed by atoms with Gasteiger partial charge in [-0.05, 0) is 25.0 Å². The Balaban J connectivity index is 1.96. The summed E-state index contributed by atoms with van der Waals surface area (Å²) in [5, 5.41) is 2.92. The van der Waals surface area contributed by atoms with Gasteiger partial charge in [0.1, 0.15) is 5.52 Å². The molecule has 0 aliphatic carbocycles. The van der Waals surface area contributed by atoms with Gasteiger partial charge in [-0.2, -0.15) is 0 Å². The standard InChI is InChI=1S/C12H15N5O/c1-7-4-9-11(14-5-7)17(12(13)16-9)6-8-2-3-10(18)15-8/h4-5,8H,2-3,6H2,1H3,(H2,13,16)(H,15,18). The molecule has 6 nitrogen and oxygen atoms in total. The largest absolute Gasteiger partial charge is 0.369 e. The van der Waals surface area contributed by atoms with E-state index in [1.165, 1.54) is 0 Å². The maximum Gasteiger partial charge on any atom is 0.220 e. The summed E-state index contributed by atoms with van der Waals surface area (Å²) in [5.41, 5.74) is 8.55. The molecule has 2 aromatic heterocycles. The number of amides is 1. The highest BCUT2D eigenvalue weighted by atomic mass is 16.1. The average Bonchev–Trinajstić information content (AvgIpc) is 2.84. The van der Waals surface area contributed by atoms with Crippen LogP contribution in [0.1, 0.15) is 18.4 Å². The topological polar surface area (TPSA) is 85.8 Å². The Morgan fingerprint density at radius 2 is 2.44 bits per heavy atom. The number of anilines is 1. The second-order valence-corrected chi connectivity index (χ2v) is 4.74. The van der Waals surface area contributed by atoms with Crippen LogP contribution < -0.4 is 11.1 Å². The first-order chi connectivity index (χ1) is 8.63. The maximum absolute atomic E-state index is 11.2. The highest BCUT2D eigenvalue weighted by Crippen LogP contribution is 2.19. The van der Waals surface area contributed by atoms with E-state index in [9.17, 15) is 4.79 Å². The quantitative estimate of drug-likeness (QED) is 0.811. The second-order valence-electron chi connectivity index (χ2n) is 4.74. The summed E-state index contributed by atoms with van der Waals surface area (Å²) in [5.74, 6) is 0.552. The molecule has 0 bridgehead atoms. The smallest absolute Gasteiger partial charge is 0.220 e. The molecule has 2 aromatic rings. The molecular weight excluding hydrogens is 230 g/mol. The summed E-state index contributed by atoms with van der Waals surface area (Å²) < 4.78 is 1.87. The van der Waals surface area contributed by atoms with Gasteiger partial charge in [-0.15, -0.1) is 0 Å². The number of carbonyl (C=O) groups is 1. The molecule has 0 saturated carbocycles. The molecule has 3 heterocycles. The average molecular weight is 245 g/mol. The first-order valence-corrected chi connectivity index (χ1v) is 6.01. The lowest BCUT2D eigenvalue weighted by Gasteiger charge is -2.12. The van der Waals surface area contributed by atoms with Crippen molar-refractivity contribution >= 4 is 23.0 Å². The Kier molecular flexibility index (Phi) is 2.43. The van der Waals surface area contributed by atoms with E-state index in [1.807, 2.05) is 17.6 Å². The van der Waals surface area contributed by atoms with Crippen LogP contribution in [0.2, 0.25) is 0 Å². The third kappa shape index (κ3) is 1.79. The third-order valence-electron chi connectivity index (χ3n) is 3.24. The molecule has 1 atom stereocenters. The molecular formula is C12H15N5O. The van der Waals surface area contributed by atoms with Crippen LogP contribution >= 0.6 is 0 Å². The highest BCUT2D eigenvalue weighted by molar-refractivity contribution is 5.78. The predicted molar refractivity (Wildman–Crippen MR) is 67.8 cm³/mol. The Bertz CT molecular complexity index is 618.